The van der Waals surface area contributed by atoms with E-state index in [0.717, 1.165) is 29.7 Å². The molecule has 2 rings (SSSR count). The average molecular weight is 433 g/mol. The molecular weight excluding hydrogens is 405 g/mol. The minimum Gasteiger partial charge on any atom is -0.496 e. The van der Waals surface area contributed by atoms with Crippen LogP contribution >= 0.6 is 24.0 Å². The zero-order valence-electron chi connectivity index (χ0n) is 14.2. The number of nitrogens with zero attached hydrogens (tertiary/aromatic N) is 1. The van der Waals surface area contributed by atoms with Gasteiger partial charge in [-0.25, -0.2) is 0 Å². The molecule has 0 heterocycles. The van der Waals surface area contributed by atoms with Gasteiger partial charge >= 0.3 is 0 Å². The summed E-state index contributed by atoms with van der Waals surface area (Å²) < 4.78 is 11.0. The molecule has 2 atom stereocenters. The molecule has 0 aromatic heterocycles. The topological polar surface area (TPSA) is 54.9 Å². The number of nitrogens with one attached hydrogen (secondary N) is 2. The molecule has 1 aliphatic carbocycles. The van der Waals surface area contributed by atoms with E-state index in [-0.39, 0.29) is 24.0 Å². The lowest BCUT2D eigenvalue weighted by molar-refractivity contribution is 0.126. The van der Waals surface area contributed by atoms with Crippen molar-refractivity contribution in [2.24, 2.45) is 10.9 Å². The SMILES string of the molecule is CCNC(=NCCOCc1ccccc1OC)NC1CC1C.I. The number of rotatable bonds is 8. The molecule has 0 saturated heterocycles. The molecule has 2 unspecified atom stereocenters. The molecule has 0 aliphatic heterocycles. The summed E-state index contributed by atoms with van der Waals surface area (Å²) in [7, 11) is 1.68. The van der Waals surface area contributed by atoms with Crippen LogP contribution in [0.25, 0.3) is 0 Å². The molecule has 0 amide bonds. The maximum atomic E-state index is 5.69. The number of hydrogen-bond donors (Lipinski definition) is 2. The molecule has 1 fully saturated rings. The largest absolute Gasteiger partial charge is 0.496 e. The van der Waals surface area contributed by atoms with Gasteiger partial charge in [0.25, 0.3) is 0 Å². The Morgan fingerprint density at radius 2 is 2.09 bits per heavy atom. The van der Waals surface area contributed by atoms with Crippen LogP contribution in [0.1, 0.15) is 25.8 Å². The number of methoxy groups -OCH3 is 1. The lowest BCUT2D eigenvalue weighted by atomic mass is 10.2. The first-order chi connectivity index (χ1) is 10.7. The Bertz CT molecular complexity index is 496. The first-order valence-corrected chi connectivity index (χ1v) is 7.99. The summed E-state index contributed by atoms with van der Waals surface area (Å²) in [5, 5.41) is 6.70. The highest BCUT2D eigenvalue weighted by Crippen LogP contribution is 2.28. The van der Waals surface area contributed by atoms with Gasteiger partial charge in [0.1, 0.15) is 5.75 Å². The van der Waals surface area contributed by atoms with E-state index in [4.69, 9.17) is 9.47 Å². The predicted octanol–water partition coefficient (Wildman–Crippen LogP) is 2.79. The van der Waals surface area contributed by atoms with Crippen molar-refractivity contribution in [2.45, 2.75) is 32.9 Å². The van der Waals surface area contributed by atoms with Gasteiger partial charge in [0.2, 0.25) is 0 Å². The Labute approximate surface area is 156 Å². The van der Waals surface area contributed by atoms with Crippen molar-refractivity contribution in [1.82, 2.24) is 10.6 Å². The number of halogens is 1. The van der Waals surface area contributed by atoms with Crippen LogP contribution in [-0.2, 0) is 11.3 Å². The number of para-hydroxylation sites is 1. The van der Waals surface area contributed by atoms with E-state index in [9.17, 15) is 0 Å². The van der Waals surface area contributed by atoms with Gasteiger partial charge in [-0.05, 0) is 25.3 Å². The molecule has 5 nitrogen and oxygen atoms in total. The Hall–Kier alpha value is -1.02. The van der Waals surface area contributed by atoms with Crippen LogP contribution in [-0.4, -0.2) is 38.8 Å². The van der Waals surface area contributed by atoms with Crippen molar-refractivity contribution >= 4 is 29.9 Å². The van der Waals surface area contributed by atoms with Crippen molar-refractivity contribution < 1.29 is 9.47 Å². The summed E-state index contributed by atoms with van der Waals surface area (Å²) in [5.74, 6) is 2.51. The predicted molar refractivity (Wildman–Crippen MR) is 105 cm³/mol. The number of aliphatic imine (C=N–C) groups is 1. The highest BCUT2D eigenvalue weighted by atomic mass is 127. The van der Waals surface area contributed by atoms with Crippen molar-refractivity contribution in [3.63, 3.8) is 0 Å². The van der Waals surface area contributed by atoms with E-state index in [2.05, 4.69) is 29.5 Å². The third-order valence-corrected chi connectivity index (χ3v) is 3.73. The summed E-state index contributed by atoms with van der Waals surface area (Å²) in [6, 6.07) is 8.49. The summed E-state index contributed by atoms with van der Waals surface area (Å²) in [6.45, 7) is 6.97. The number of guanidine groups is 1. The van der Waals surface area contributed by atoms with Crippen LogP contribution in [0.3, 0.4) is 0 Å². The molecule has 1 aliphatic rings. The lowest BCUT2D eigenvalue weighted by Crippen LogP contribution is -2.39. The molecular formula is C17H28IN3O2. The summed E-state index contributed by atoms with van der Waals surface area (Å²) in [4.78, 5) is 4.54. The maximum Gasteiger partial charge on any atom is 0.191 e. The van der Waals surface area contributed by atoms with Gasteiger partial charge in [-0.15, -0.1) is 24.0 Å². The second-order valence-corrected chi connectivity index (χ2v) is 5.59. The first-order valence-electron chi connectivity index (χ1n) is 7.99. The summed E-state index contributed by atoms with van der Waals surface area (Å²) >= 11 is 0. The third kappa shape index (κ3) is 6.95. The molecule has 0 radical (unpaired) electrons. The molecule has 0 bridgehead atoms. The number of ether oxygens (including phenoxy) is 2. The van der Waals surface area contributed by atoms with Crippen LogP contribution in [0.2, 0.25) is 0 Å². The normalized spacial score (nSPS) is 19.7. The van der Waals surface area contributed by atoms with E-state index in [0.29, 0.717) is 25.8 Å². The smallest absolute Gasteiger partial charge is 0.191 e. The van der Waals surface area contributed by atoms with Crippen LogP contribution in [0.4, 0.5) is 0 Å². The Morgan fingerprint density at radius 3 is 2.74 bits per heavy atom. The van der Waals surface area contributed by atoms with E-state index >= 15 is 0 Å². The van der Waals surface area contributed by atoms with Crippen LogP contribution in [0, 0.1) is 5.92 Å². The number of benzene rings is 1. The van der Waals surface area contributed by atoms with E-state index in [1.54, 1.807) is 7.11 Å². The highest BCUT2D eigenvalue weighted by molar-refractivity contribution is 14.0. The Morgan fingerprint density at radius 1 is 1.35 bits per heavy atom. The Balaban J connectivity index is 0.00000264. The molecule has 23 heavy (non-hydrogen) atoms. The Kier molecular flexibility index (Phi) is 9.31. The summed E-state index contributed by atoms with van der Waals surface area (Å²) in [6.07, 6.45) is 1.23. The molecule has 1 aromatic carbocycles. The minimum atomic E-state index is 0. The van der Waals surface area contributed by atoms with Gasteiger partial charge in [-0.2, -0.15) is 0 Å². The van der Waals surface area contributed by atoms with Crippen molar-refractivity contribution in [3.8, 4) is 5.75 Å². The highest BCUT2D eigenvalue weighted by Gasteiger charge is 2.33. The zero-order chi connectivity index (χ0) is 15.8. The maximum absolute atomic E-state index is 5.69. The second-order valence-electron chi connectivity index (χ2n) is 5.59. The van der Waals surface area contributed by atoms with E-state index in [1.165, 1.54) is 6.42 Å². The van der Waals surface area contributed by atoms with Crippen LogP contribution in [0.15, 0.2) is 29.3 Å². The zero-order valence-corrected chi connectivity index (χ0v) is 16.5. The third-order valence-electron chi connectivity index (χ3n) is 3.73. The van der Waals surface area contributed by atoms with Crippen molar-refractivity contribution in [2.75, 3.05) is 26.8 Å². The van der Waals surface area contributed by atoms with Gasteiger partial charge in [0.15, 0.2) is 5.96 Å². The molecule has 1 aromatic rings. The quantitative estimate of drug-likeness (QED) is 0.287. The fourth-order valence-electron chi connectivity index (χ4n) is 2.25. The molecule has 130 valence electrons. The standard InChI is InChI=1S/C17H27N3O2.HI/c1-4-18-17(20-15-11-13(15)2)19-9-10-22-12-14-7-5-6-8-16(14)21-3;/h5-8,13,15H,4,9-12H2,1-3H3,(H2,18,19,20);1H. The van der Waals surface area contributed by atoms with Crippen LogP contribution < -0.4 is 15.4 Å². The molecule has 1 saturated carbocycles. The van der Waals surface area contributed by atoms with Crippen molar-refractivity contribution in [3.05, 3.63) is 29.8 Å². The summed E-state index contributed by atoms with van der Waals surface area (Å²) in [5.41, 5.74) is 1.06. The lowest BCUT2D eigenvalue weighted by Gasteiger charge is -2.11. The molecule has 6 heteroatoms. The first kappa shape index (κ1) is 20.0. The van der Waals surface area contributed by atoms with Gasteiger partial charge in [0, 0.05) is 18.2 Å². The van der Waals surface area contributed by atoms with Gasteiger partial charge < -0.3 is 20.1 Å². The molecule has 2 N–H and O–H groups in total. The van der Waals surface area contributed by atoms with Gasteiger partial charge in [0.05, 0.1) is 26.9 Å². The van der Waals surface area contributed by atoms with Crippen LogP contribution in [0.5, 0.6) is 5.75 Å². The minimum absolute atomic E-state index is 0. The number of hydrogen-bond acceptors (Lipinski definition) is 3. The second kappa shape index (κ2) is 10.7. The van der Waals surface area contributed by atoms with E-state index in [1.807, 2.05) is 24.3 Å². The van der Waals surface area contributed by atoms with Crippen molar-refractivity contribution in [1.29, 1.82) is 0 Å². The van der Waals surface area contributed by atoms with Gasteiger partial charge in [-0.3, -0.25) is 4.99 Å². The monoisotopic (exact) mass is 433 g/mol. The van der Waals surface area contributed by atoms with E-state index < -0.39 is 0 Å². The van der Waals surface area contributed by atoms with Gasteiger partial charge in [-0.1, -0.05) is 25.1 Å². The molecule has 0 spiro atoms. The fraction of sp³-hybridized carbons (Fsp3) is 0.588. The fourth-order valence-corrected chi connectivity index (χ4v) is 2.25. The average Bonchev–Trinajstić information content (AvgIpc) is 3.22.